The van der Waals surface area contributed by atoms with Crippen LogP contribution in [-0.4, -0.2) is 35.7 Å². The van der Waals surface area contributed by atoms with Crippen LogP contribution in [0.1, 0.15) is 19.8 Å². The number of hydrogen-bond donors (Lipinski definition) is 1. The van der Waals surface area contributed by atoms with Crippen LogP contribution in [-0.2, 0) is 0 Å². The van der Waals surface area contributed by atoms with Gasteiger partial charge in [-0.2, -0.15) is 0 Å². The predicted molar refractivity (Wildman–Crippen MR) is 45.1 cm³/mol. The first-order valence-electron chi connectivity index (χ1n) is 4.13. The molecule has 1 heterocycles. The van der Waals surface area contributed by atoms with E-state index in [1.807, 2.05) is 6.92 Å². The first-order valence-corrected chi connectivity index (χ1v) is 4.13. The zero-order valence-corrected chi connectivity index (χ0v) is 7.01. The molecule has 1 N–H and O–H groups in total. The Labute approximate surface area is 68.2 Å². The van der Waals surface area contributed by atoms with Crippen molar-refractivity contribution < 1.29 is 5.11 Å². The van der Waals surface area contributed by atoms with Crippen molar-refractivity contribution >= 4 is 0 Å². The van der Waals surface area contributed by atoms with E-state index < -0.39 is 0 Å². The largest absolute Gasteiger partial charge is 0.395 e. The van der Waals surface area contributed by atoms with Crippen LogP contribution in [0.2, 0.25) is 0 Å². The maximum Gasteiger partial charge on any atom is 0.0604 e. The second-order valence-electron chi connectivity index (χ2n) is 2.88. The summed E-state index contributed by atoms with van der Waals surface area (Å²) in [6.45, 7) is 4.05. The Kier molecular flexibility index (Phi) is 3.41. The van der Waals surface area contributed by atoms with E-state index in [2.05, 4.69) is 16.7 Å². The number of aliphatic hydroxyl groups is 1. The molecule has 0 aromatic carbocycles. The fraction of sp³-hybridized carbons (Fsp3) is 0.778. The van der Waals surface area contributed by atoms with Gasteiger partial charge < -0.3 is 5.11 Å². The standard InChI is InChI=1S/C9H15NO/c1-2-3-6-10-7-4-5-9(10)8-11/h9,11H,4-8H2,1H3/t9-/m1/s1. The van der Waals surface area contributed by atoms with E-state index in [4.69, 9.17) is 5.11 Å². The fourth-order valence-electron chi connectivity index (χ4n) is 1.49. The second-order valence-corrected chi connectivity index (χ2v) is 2.88. The molecule has 1 aliphatic rings. The zero-order chi connectivity index (χ0) is 8.10. The van der Waals surface area contributed by atoms with Gasteiger partial charge in [-0.1, -0.05) is 5.92 Å². The SMILES string of the molecule is CC#CCN1CCC[C@@H]1CO. The number of hydrogen-bond acceptors (Lipinski definition) is 2. The summed E-state index contributed by atoms with van der Waals surface area (Å²) >= 11 is 0. The summed E-state index contributed by atoms with van der Waals surface area (Å²) in [5.74, 6) is 5.89. The topological polar surface area (TPSA) is 23.5 Å². The van der Waals surface area contributed by atoms with Gasteiger partial charge in [0.1, 0.15) is 0 Å². The normalized spacial score (nSPS) is 24.7. The Morgan fingerprint density at radius 1 is 1.64 bits per heavy atom. The number of likely N-dealkylation sites (tertiary alicyclic amines) is 1. The van der Waals surface area contributed by atoms with Gasteiger partial charge >= 0.3 is 0 Å². The average molecular weight is 153 g/mol. The summed E-state index contributed by atoms with van der Waals surface area (Å²) in [6.07, 6.45) is 2.33. The number of aliphatic hydroxyl groups excluding tert-OH is 1. The molecule has 1 atom stereocenters. The first kappa shape index (κ1) is 8.58. The van der Waals surface area contributed by atoms with Gasteiger partial charge in [0.15, 0.2) is 0 Å². The Morgan fingerprint density at radius 2 is 2.45 bits per heavy atom. The third-order valence-electron chi connectivity index (χ3n) is 2.17. The lowest BCUT2D eigenvalue weighted by Crippen LogP contribution is -2.32. The molecule has 1 fully saturated rings. The molecule has 0 spiro atoms. The summed E-state index contributed by atoms with van der Waals surface area (Å²) in [5.41, 5.74) is 0. The quantitative estimate of drug-likeness (QED) is 0.583. The van der Waals surface area contributed by atoms with Crippen molar-refractivity contribution in [1.29, 1.82) is 0 Å². The van der Waals surface area contributed by atoms with E-state index in [1.165, 1.54) is 6.42 Å². The summed E-state index contributed by atoms with van der Waals surface area (Å²) in [4.78, 5) is 2.25. The van der Waals surface area contributed by atoms with E-state index in [0.29, 0.717) is 6.04 Å². The molecule has 0 saturated carbocycles. The maximum absolute atomic E-state index is 8.95. The van der Waals surface area contributed by atoms with Crippen LogP contribution in [0, 0.1) is 11.8 Å². The van der Waals surface area contributed by atoms with Crippen LogP contribution < -0.4 is 0 Å². The van der Waals surface area contributed by atoms with E-state index in [-0.39, 0.29) is 6.61 Å². The fourth-order valence-corrected chi connectivity index (χ4v) is 1.49. The minimum atomic E-state index is 0.283. The van der Waals surface area contributed by atoms with Crippen LogP contribution in [0.3, 0.4) is 0 Å². The lowest BCUT2D eigenvalue weighted by atomic mass is 10.2. The highest BCUT2D eigenvalue weighted by molar-refractivity contribution is 4.99. The van der Waals surface area contributed by atoms with Crippen molar-refractivity contribution in [2.75, 3.05) is 19.7 Å². The van der Waals surface area contributed by atoms with E-state index in [0.717, 1.165) is 19.5 Å². The number of rotatable bonds is 2. The summed E-state index contributed by atoms with van der Waals surface area (Å²) in [7, 11) is 0. The average Bonchev–Trinajstić information content (AvgIpc) is 2.47. The van der Waals surface area contributed by atoms with Gasteiger partial charge in [-0.05, 0) is 26.3 Å². The molecule has 0 bridgehead atoms. The molecule has 1 rings (SSSR count). The van der Waals surface area contributed by atoms with Crippen LogP contribution in [0.25, 0.3) is 0 Å². The van der Waals surface area contributed by atoms with Crippen molar-refractivity contribution in [1.82, 2.24) is 4.90 Å². The first-order chi connectivity index (χ1) is 5.38. The van der Waals surface area contributed by atoms with Gasteiger partial charge in [0, 0.05) is 6.04 Å². The number of nitrogens with zero attached hydrogens (tertiary/aromatic N) is 1. The van der Waals surface area contributed by atoms with Crippen molar-refractivity contribution in [3.63, 3.8) is 0 Å². The van der Waals surface area contributed by atoms with Gasteiger partial charge in [-0.25, -0.2) is 0 Å². The maximum atomic E-state index is 8.95. The molecule has 62 valence electrons. The van der Waals surface area contributed by atoms with Gasteiger partial charge in [0.25, 0.3) is 0 Å². The van der Waals surface area contributed by atoms with E-state index >= 15 is 0 Å². The van der Waals surface area contributed by atoms with Gasteiger partial charge in [0.05, 0.1) is 13.2 Å². The lowest BCUT2D eigenvalue weighted by Gasteiger charge is -2.19. The molecule has 1 aliphatic heterocycles. The van der Waals surface area contributed by atoms with Gasteiger partial charge in [-0.3, -0.25) is 4.90 Å². The molecule has 0 radical (unpaired) electrons. The summed E-state index contributed by atoms with van der Waals surface area (Å²) < 4.78 is 0. The molecular weight excluding hydrogens is 138 g/mol. The minimum Gasteiger partial charge on any atom is -0.395 e. The third kappa shape index (κ3) is 2.21. The van der Waals surface area contributed by atoms with Crippen molar-refractivity contribution in [2.45, 2.75) is 25.8 Å². The summed E-state index contributed by atoms with van der Waals surface area (Å²) in [5, 5.41) is 8.95. The molecule has 2 nitrogen and oxygen atoms in total. The molecule has 11 heavy (non-hydrogen) atoms. The highest BCUT2D eigenvalue weighted by Crippen LogP contribution is 2.15. The zero-order valence-electron chi connectivity index (χ0n) is 7.01. The Balaban J connectivity index is 2.35. The minimum absolute atomic E-state index is 0.283. The van der Waals surface area contributed by atoms with E-state index in [9.17, 15) is 0 Å². The third-order valence-corrected chi connectivity index (χ3v) is 2.17. The highest BCUT2D eigenvalue weighted by Gasteiger charge is 2.21. The predicted octanol–water partition coefficient (Wildman–Crippen LogP) is 0.466. The molecule has 0 aliphatic carbocycles. The molecule has 0 aromatic heterocycles. The lowest BCUT2D eigenvalue weighted by molar-refractivity contribution is 0.171. The molecule has 1 saturated heterocycles. The van der Waals surface area contributed by atoms with Crippen molar-refractivity contribution in [2.24, 2.45) is 0 Å². The molecular formula is C9H15NO. The van der Waals surface area contributed by atoms with Gasteiger partial charge in [-0.15, -0.1) is 5.92 Å². The van der Waals surface area contributed by atoms with Crippen LogP contribution in [0.4, 0.5) is 0 Å². The van der Waals surface area contributed by atoms with E-state index in [1.54, 1.807) is 0 Å². The monoisotopic (exact) mass is 153 g/mol. The highest BCUT2D eigenvalue weighted by atomic mass is 16.3. The van der Waals surface area contributed by atoms with Crippen LogP contribution in [0.5, 0.6) is 0 Å². The van der Waals surface area contributed by atoms with Crippen molar-refractivity contribution in [3.05, 3.63) is 0 Å². The summed E-state index contributed by atoms with van der Waals surface area (Å²) in [6, 6.07) is 0.371. The molecule has 0 amide bonds. The molecule has 2 heteroatoms. The Hall–Kier alpha value is -0.520. The second kappa shape index (κ2) is 4.38. The Morgan fingerprint density at radius 3 is 3.09 bits per heavy atom. The van der Waals surface area contributed by atoms with Crippen molar-refractivity contribution in [3.8, 4) is 11.8 Å². The molecule has 0 aromatic rings. The smallest absolute Gasteiger partial charge is 0.0604 e. The van der Waals surface area contributed by atoms with Gasteiger partial charge in [0.2, 0.25) is 0 Å². The molecule has 0 unspecified atom stereocenters. The Bertz CT molecular complexity index is 168. The van der Waals surface area contributed by atoms with Crippen LogP contribution >= 0.6 is 0 Å². The van der Waals surface area contributed by atoms with Crippen LogP contribution in [0.15, 0.2) is 0 Å².